The van der Waals surface area contributed by atoms with Crippen molar-refractivity contribution in [2.45, 2.75) is 46.3 Å². The van der Waals surface area contributed by atoms with Gasteiger partial charge in [-0.1, -0.05) is 11.2 Å². The van der Waals surface area contributed by atoms with Crippen LogP contribution in [0.1, 0.15) is 35.9 Å². The van der Waals surface area contributed by atoms with Gasteiger partial charge in [0, 0.05) is 18.5 Å². The standard InChI is InChI=1S/C19H22N2O6/c1-11-15(12(2)27-21-11)5-7-18(22)26-13(3)19(23)20-9-14-4-6-16-17(8-14)25-10-24-16/h4,6,8,13H,5,7,9-10H2,1-3H3,(H,20,23). The van der Waals surface area contributed by atoms with Crippen LogP contribution in [0.4, 0.5) is 0 Å². The molecule has 1 amide bonds. The van der Waals surface area contributed by atoms with Gasteiger partial charge < -0.3 is 24.1 Å². The lowest BCUT2D eigenvalue weighted by Crippen LogP contribution is -2.35. The molecule has 8 heteroatoms. The van der Waals surface area contributed by atoms with Gasteiger partial charge in [0.25, 0.3) is 5.91 Å². The molecule has 1 aliphatic heterocycles. The van der Waals surface area contributed by atoms with Gasteiger partial charge in [0.15, 0.2) is 17.6 Å². The maximum atomic E-state index is 12.2. The van der Waals surface area contributed by atoms with Crippen LogP contribution in [-0.4, -0.2) is 29.9 Å². The third kappa shape index (κ3) is 4.58. The summed E-state index contributed by atoms with van der Waals surface area (Å²) in [5.41, 5.74) is 2.52. The second-order valence-corrected chi connectivity index (χ2v) is 6.34. The Hall–Kier alpha value is -3.03. The number of hydrogen-bond acceptors (Lipinski definition) is 7. The van der Waals surface area contributed by atoms with E-state index >= 15 is 0 Å². The lowest BCUT2D eigenvalue weighted by molar-refractivity contribution is -0.154. The quantitative estimate of drug-likeness (QED) is 0.742. The maximum absolute atomic E-state index is 12.2. The Morgan fingerprint density at radius 1 is 1.26 bits per heavy atom. The molecule has 0 bridgehead atoms. The summed E-state index contributed by atoms with van der Waals surface area (Å²) in [7, 11) is 0. The molecule has 2 heterocycles. The van der Waals surface area contributed by atoms with Crippen molar-refractivity contribution in [3.8, 4) is 11.5 Å². The zero-order valence-corrected chi connectivity index (χ0v) is 15.5. The molecular weight excluding hydrogens is 352 g/mol. The van der Waals surface area contributed by atoms with Gasteiger partial charge in [-0.2, -0.15) is 0 Å². The van der Waals surface area contributed by atoms with Crippen LogP contribution in [0.5, 0.6) is 11.5 Å². The van der Waals surface area contributed by atoms with E-state index in [-0.39, 0.29) is 19.1 Å². The van der Waals surface area contributed by atoms with Crippen LogP contribution < -0.4 is 14.8 Å². The lowest BCUT2D eigenvalue weighted by atomic mass is 10.1. The molecule has 1 aromatic carbocycles. The normalized spacial score (nSPS) is 13.3. The van der Waals surface area contributed by atoms with Gasteiger partial charge in [0.1, 0.15) is 5.76 Å². The molecule has 1 atom stereocenters. The minimum atomic E-state index is -0.879. The third-order valence-electron chi connectivity index (χ3n) is 4.34. The van der Waals surface area contributed by atoms with Crippen LogP contribution in [0.3, 0.4) is 0 Å². The first-order chi connectivity index (χ1) is 12.9. The number of carbonyl (C=O) groups is 2. The van der Waals surface area contributed by atoms with Crippen LogP contribution in [0.15, 0.2) is 22.7 Å². The van der Waals surface area contributed by atoms with Crippen molar-refractivity contribution in [2.24, 2.45) is 0 Å². The Morgan fingerprint density at radius 2 is 2.04 bits per heavy atom. The van der Waals surface area contributed by atoms with Gasteiger partial charge >= 0.3 is 5.97 Å². The summed E-state index contributed by atoms with van der Waals surface area (Å²) >= 11 is 0. The molecule has 0 saturated carbocycles. The summed E-state index contributed by atoms with van der Waals surface area (Å²) in [6.45, 7) is 5.67. The van der Waals surface area contributed by atoms with Crippen LogP contribution in [0.25, 0.3) is 0 Å². The van der Waals surface area contributed by atoms with E-state index < -0.39 is 12.1 Å². The number of nitrogens with zero attached hydrogens (tertiary/aromatic N) is 1. The number of fused-ring (bicyclic) bond motifs is 1. The number of esters is 1. The van der Waals surface area contributed by atoms with Gasteiger partial charge in [-0.15, -0.1) is 0 Å². The summed E-state index contributed by atoms with van der Waals surface area (Å²) in [6.07, 6.45) is -0.259. The van der Waals surface area contributed by atoms with Gasteiger partial charge in [0.2, 0.25) is 6.79 Å². The molecule has 1 aliphatic rings. The minimum Gasteiger partial charge on any atom is -0.454 e. The second kappa shape index (κ2) is 8.11. The van der Waals surface area contributed by atoms with Crippen LogP contribution in [0, 0.1) is 13.8 Å². The number of aryl methyl sites for hydroxylation is 2. The van der Waals surface area contributed by atoms with Crippen molar-refractivity contribution in [1.29, 1.82) is 0 Å². The molecule has 27 heavy (non-hydrogen) atoms. The van der Waals surface area contributed by atoms with E-state index in [0.717, 1.165) is 16.8 Å². The molecule has 144 valence electrons. The Labute approximate surface area is 156 Å². The third-order valence-corrected chi connectivity index (χ3v) is 4.34. The molecule has 1 aromatic heterocycles. The highest BCUT2D eigenvalue weighted by molar-refractivity contribution is 5.83. The van der Waals surface area contributed by atoms with E-state index in [4.69, 9.17) is 18.7 Å². The molecule has 0 saturated heterocycles. The SMILES string of the molecule is Cc1noc(C)c1CCC(=O)OC(C)C(=O)NCc1ccc2c(c1)OCO2. The summed E-state index contributed by atoms with van der Waals surface area (Å²) < 4.78 is 20.8. The molecule has 0 aliphatic carbocycles. The fourth-order valence-corrected chi connectivity index (χ4v) is 2.78. The largest absolute Gasteiger partial charge is 0.454 e. The molecule has 0 radical (unpaired) electrons. The highest BCUT2D eigenvalue weighted by Crippen LogP contribution is 2.32. The van der Waals surface area contributed by atoms with Gasteiger partial charge in [-0.25, -0.2) is 0 Å². The number of benzene rings is 1. The van der Waals surface area contributed by atoms with Crippen LogP contribution in [0.2, 0.25) is 0 Å². The van der Waals surface area contributed by atoms with Crippen molar-refractivity contribution >= 4 is 11.9 Å². The van der Waals surface area contributed by atoms with E-state index in [1.807, 2.05) is 19.1 Å². The monoisotopic (exact) mass is 374 g/mol. The molecule has 8 nitrogen and oxygen atoms in total. The van der Waals surface area contributed by atoms with E-state index in [9.17, 15) is 9.59 Å². The Morgan fingerprint density at radius 3 is 2.78 bits per heavy atom. The predicted molar refractivity (Wildman–Crippen MR) is 94.3 cm³/mol. The Balaban J connectivity index is 1.44. The summed E-state index contributed by atoms with van der Waals surface area (Å²) in [5, 5.41) is 6.60. The van der Waals surface area contributed by atoms with Gasteiger partial charge in [-0.05, 0) is 44.9 Å². The summed E-state index contributed by atoms with van der Waals surface area (Å²) in [4.78, 5) is 24.2. The molecule has 1 unspecified atom stereocenters. The van der Waals surface area contributed by atoms with E-state index in [0.29, 0.717) is 30.2 Å². The zero-order chi connectivity index (χ0) is 19.4. The van der Waals surface area contributed by atoms with Crippen molar-refractivity contribution < 1.29 is 28.3 Å². The van der Waals surface area contributed by atoms with E-state index in [1.54, 1.807) is 19.9 Å². The number of nitrogens with one attached hydrogen (secondary N) is 1. The average Bonchev–Trinajstić information content (AvgIpc) is 3.24. The number of aromatic nitrogens is 1. The fraction of sp³-hybridized carbons (Fsp3) is 0.421. The molecular formula is C19H22N2O6. The number of hydrogen-bond donors (Lipinski definition) is 1. The predicted octanol–water partition coefficient (Wildman–Crippen LogP) is 2.20. The highest BCUT2D eigenvalue weighted by atomic mass is 16.7. The van der Waals surface area contributed by atoms with Crippen LogP contribution >= 0.6 is 0 Å². The fourth-order valence-electron chi connectivity index (χ4n) is 2.78. The molecule has 0 spiro atoms. The first-order valence-corrected chi connectivity index (χ1v) is 8.71. The Bertz CT molecular complexity index is 825. The summed E-state index contributed by atoms with van der Waals surface area (Å²) in [6, 6.07) is 5.44. The molecule has 0 fully saturated rings. The molecule has 3 rings (SSSR count). The van der Waals surface area contributed by atoms with E-state index in [1.165, 1.54) is 0 Å². The first kappa shape index (κ1) is 18.8. The minimum absolute atomic E-state index is 0.155. The summed E-state index contributed by atoms with van der Waals surface area (Å²) in [5.74, 6) is 1.22. The van der Waals surface area contributed by atoms with Crippen molar-refractivity contribution in [2.75, 3.05) is 6.79 Å². The average molecular weight is 374 g/mol. The van der Waals surface area contributed by atoms with Crippen molar-refractivity contribution in [1.82, 2.24) is 10.5 Å². The van der Waals surface area contributed by atoms with Crippen molar-refractivity contribution in [3.05, 3.63) is 40.8 Å². The van der Waals surface area contributed by atoms with Gasteiger partial charge in [-0.3, -0.25) is 9.59 Å². The number of ether oxygens (including phenoxy) is 3. The smallest absolute Gasteiger partial charge is 0.306 e. The molecule has 1 N–H and O–H groups in total. The van der Waals surface area contributed by atoms with Crippen molar-refractivity contribution in [3.63, 3.8) is 0 Å². The molecule has 2 aromatic rings. The van der Waals surface area contributed by atoms with Crippen LogP contribution in [-0.2, 0) is 27.3 Å². The maximum Gasteiger partial charge on any atom is 0.306 e. The highest BCUT2D eigenvalue weighted by Gasteiger charge is 2.19. The zero-order valence-electron chi connectivity index (χ0n) is 15.5. The Kier molecular flexibility index (Phi) is 5.63. The number of amides is 1. The topological polar surface area (TPSA) is 99.9 Å². The van der Waals surface area contributed by atoms with Gasteiger partial charge in [0.05, 0.1) is 5.69 Å². The lowest BCUT2D eigenvalue weighted by Gasteiger charge is -2.13. The van der Waals surface area contributed by atoms with E-state index in [2.05, 4.69) is 10.5 Å². The second-order valence-electron chi connectivity index (χ2n) is 6.34. The first-order valence-electron chi connectivity index (χ1n) is 8.71. The number of carbonyl (C=O) groups excluding carboxylic acids is 2. The number of rotatable bonds is 7.